The van der Waals surface area contributed by atoms with Gasteiger partial charge in [-0.1, -0.05) is 37.3 Å². The molecule has 3 heteroatoms. The minimum absolute atomic E-state index is 0.743. The molecule has 0 amide bonds. The zero-order valence-corrected chi connectivity index (χ0v) is 12.2. The molecule has 2 nitrogen and oxygen atoms in total. The molecule has 0 unspecified atom stereocenters. The fraction of sp³-hybridized carbons (Fsp3) is 0.438. The van der Waals surface area contributed by atoms with Crippen molar-refractivity contribution in [3.8, 4) is 11.3 Å². The van der Waals surface area contributed by atoms with Crippen molar-refractivity contribution in [1.82, 2.24) is 10.3 Å². The molecule has 19 heavy (non-hydrogen) atoms. The van der Waals surface area contributed by atoms with E-state index in [1.165, 1.54) is 40.4 Å². The van der Waals surface area contributed by atoms with Crippen molar-refractivity contribution in [2.75, 3.05) is 6.54 Å². The molecule has 1 N–H and O–H groups in total. The third-order valence-corrected chi connectivity index (χ3v) is 4.62. The number of hydrogen-bond acceptors (Lipinski definition) is 3. The predicted octanol–water partition coefficient (Wildman–Crippen LogP) is 4.19. The fourth-order valence-electron chi connectivity index (χ4n) is 2.19. The molecule has 1 heterocycles. The van der Waals surface area contributed by atoms with Gasteiger partial charge in [-0.3, -0.25) is 0 Å². The Morgan fingerprint density at radius 1 is 1.26 bits per heavy atom. The van der Waals surface area contributed by atoms with E-state index >= 15 is 0 Å². The highest BCUT2D eigenvalue weighted by Crippen LogP contribution is 2.44. The van der Waals surface area contributed by atoms with Gasteiger partial charge in [0, 0.05) is 22.9 Å². The Kier molecular flexibility index (Phi) is 3.95. The van der Waals surface area contributed by atoms with E-state index in [9.17, 15) is 0 Å². The van der Waals surface area contributed by atoms with E-state index in [1.54, 1.807) is 0 Å². The molecule has 1 fully saturated rings. The Bertz CT molecular complexity index is 529. The number of aromatic nitrogens is 1. The minimum Gasteiger partial charge on any atom is -0.312 e. The molecule has 1 aromatic carbocycles. The number of nitrogens with zero attached hydrogens (tertiary/aromatic N) is 1. The molecule has 100 valence electrons. The standard InChI is InChI=1S/C16H20N2S/c1-2-10-17-11-14-15(12-6-4-3-5-7-12)18-16(19-14)13-8-9-13/h3-7,13,17H,2,8-11H2,1H3. The second-order valence-corrected chi connectivity index (χ2v) is 6.26. The Morgan fingerprint density at radius 2 is 2.05 bits per heavy atom. The molecule has 1 aliphatic carbocycles. The third kappa shape index (κ3) is 3.04. The Morgan fingerprint density at radius 3 is 2.74 bits per heavy atom. The molecular weight excluding hydrogens is 252 g/mol. The van der Waals surface area contributed by atoms with Gasteiger partial charge in [-0.15, -0.1) is 11.3 Å². The maximum atomic E-state index is 4.90. The van der Waals surface area contributed by atoms with Gasteiger partial charge < -0.3 is 5.32 Å². The Labute approximate surface area is 118 Å². The lowest BCUT2D eigenvalue weighted by Crippen LogP contribution is -2.13. The van der Waals surface area contributed by atoms with Crippen LogP contribution in [0, 0.1) is 0 Å². The van der Waals surface area contributed by atoms with Crippen molar-refractivity contribution in [2.24, 2.45) is 0 Å². The van der Waals surface area contributed by atoms with Gasteiger partial charge in [-0.05, 0) is 25.8 Å². The van der Waals surface area contributed by atoms with E-state index in [-0.39, 0.29) is 0 Å². The average Bonchev–Trinajstić information content (AvgIpc) is 3.21. The van der Waals surface area contributed by atoms with Gasteiger partial charge in [-0.25, -0.2) is 4.98 Å². The molecule has 0 saturated heterocycles. The lowest BCUT2D eigenvalue weighted by Gasteiger charge is -2.03. The number of nitrogens with one attached hydrogen (secondary N) is 1. The summed E-state index contributed by atoms with van der Waals surface area (Å²) in [6.45, 7) is 4.22. The molecule has 1 aliphatic rings. The second kappa shape index (κ2) is 5.85. The molecular formula is C16H20N2S. The first-order chi connectivity index (χ1) is 9.38. The smallest absolute Gasteiger partial charge is 0.0966 e. The molecule has 1 aromatic heterocycles. The van der Waals surface area contributed by atoms with Crippen LogP contribution in [0.2, 0.25) is 0 Å². The third-order valence-electron chi connectivity index (χ3n) is 3.40. The first kappa shape index (κ1) is 12.8. The van der Waals surface area contributed by atoms with Crippen molar-refractivity contribution in [3.05, 3.63) is 40.2 Å². The molecule has 3 rings (SSSR count). The summed E-state index contributed by atoms with van der Waals surface area (Å²) >= 11 is 1.90. The van der Waals surface area contributed by atoms with E-state index in [1.807, 2.05) is 11.3 Å². The maximum absolute atomic E-state index is 4.90. The van der Waals surface area contributed by atoms with Crippen LogP contribution in [0.4, 0.5) is 0 Å². The molecule has 0 atom stereocenters. The lowest BCUT2D eigenvalue weighted by atomic mass is 10.1. The van der Waals surface area contributed by atoms with Gasteiger partial charge in [0.15, 0.2) is 0 Å². The van der Waals surface area contributed by atoms with Crippen LogP contribution in [0.15, 0.2) is 30.3 Å². The van der Waals surface area contributed by atoms with E-state index in [2.05, 4.69) is 42.6 Å². The average molecular weight is 272 g/mol. The molecule has 2 aromatic rings. The summed E-state index contributed by atoms with van der Waals surface area (Å²) in [5.41, 5.74) is 2.44. The minimum atomic E-state index is 0.743. The number of hydrogen-bond donors (Lipinski definition) is 1. The molecule has 0 bridgehead atoms. The summed E-state index contributed by atoms with van der Waals surface area (Å²) in [7, 11) is 0. The Hall–Kier alpha value is -1.19. The van der Waals surface area contributed by atoms with Crippen LogP contribution >= 0.6 is 11.3 Å². The summed E-state index contributed by atoms with van der Waals surface area (Å²) in [5, 5.41) is 4.84. The van der Waals surface area contributed by atoms with Crippen molar-refractivity contribution >= 4 is 11.3 Å². The summed E-state index contributed by atoms with van der Waals surface area (Å²) in [6.07, 6.45) is 3.82. The van der Waals surface area contributed by atoms with E-state index in [0.29, 0.717) is 0 Å². The number of thiazole rings is 1. The van der Waals surface area contributed by atoms with Crippen molar-refractivity contribution in [1.29, 1.82) is 0 Å². The number of benzene rings is 1. The summed E-state index contributed by atoms with van der Waals surface area (Å²) in [5.74, 6) is 0.743. The summed E-state index contributed by atoms with van der Waals surface area (Å²) in [6, 6.07) is 10.6. The van der Waals surface area contributed by atoms with Crippen LogP contribution in [0.5, 0.6) is 0 Å². The first-order valence-electron chi connectivity index (χ1n) is 7.14. The largest absolute Gasteiger partial charge is 0.312 e. The van der Waals surface area contributed by atoms with E-state index in [0.717, 1.165) is 19.0 Å². The van der Waals surface area contributed by atoms with Crippen LogP contribution < -0.4 is 5.32 Å². The van der Waals surface area contributed by atoms with E-state index in [4.69, 9.17) is 4.98 Å². The van der Waals surface area contributed by atoms with Gasteiger partial charge in [0.25, 0.3) is 0 Å². The quantitative estimate of drug-likeness (QED) is 0.798. The molecule has 0 spiro atoms. The molecule has 0 radical (unpaired) electrons. The van der Waals surface area contributed by atoms with Crippen LogP contribution in [0.25, 0.3) is 11.3 Å². The van der Waals surface area contributed by atoms with Crippen LogP contribution in [0.3, 0.4) is 0 Å². The topological polar surface area (TPSA) is 24.9 Å². The highest BCUT2D eigenvalue weighted by atomic mass is 32.1. The van der Waals surface area contributed by atoms with Crippen LogP contribution in [-0.4, -0.2) is 11.5 Å². The second-order valence-electron chi connectivity index (χ2n) is 5.14. The van der Waals surface area contributed by atoms with Gasteiger partial charge in [0.05, 0.1) is 10.7 Å². The van der Waals surface area contributed by atoms with Crippen molar-refractivity contribution < 1.29 is 0 Å². The lowest BCUT2D eigenvalue weighted by molar-refractivity contribution is 0.681. The highest BCUT2D eigenvalue weighted by molar-refractivity contribution is 7.12. The zero-order chi connectivity index (χ0) is 13.1. The number of rotatable bonds is 6. The monoisotopic (exact) mass is 272 g/mol. The SMILES string of the molecule is CCCNCc1sc(C2CC2)nc1-c1ccccc1. The van der Waals surface area contributed by atoms with Crippen molar-refractivity contribution in [2.45, 2.75) is 38.6 Å². The highest BCUT2D eigenvalue weighted by Gasteiger charge is 2.28. The fourth-order valence-corrected chi connectivity index (χ4v) is 3.42. The van der Waals surface area contributed by atoms with Gasteiger partial charge in [-0.2, -0.15) is 0 Å². The van der Waals surface area contributed by atoms with E-state index < -0.39 is 0 Å². The van der Waals surface area contributed by atoms with Gasteiger partial charge >= 0.3 is 0 Å². The van der Waals surface area contributed by atoms with Crippen molar-refractivity contribution in [3.63, 3.8) is 0 Å². The van der Waals surface area contributed by atoms with Gasteiger partial charge in [0.1, 0.15) is 0 Å². The Balaban J connectivity index is 1.87. The zero-order valence-electron chi connectivity index (χ0n) is 11.4. The maximum Gasteiger partial charge on any atom is 0.0966 e. The first-order valence-corrected chi connectivity index (χ1v) is 7.96. The predicted molar refractivity (Wildman–Crippen MR) is 81.5 cm³/mol. The van der Waals surface area contributed by atoms with Gasteiger partial charge in [0.2, 0.25) is 0 Å². The van der Waals surface area contributed by atoms with Crippen LogP contribution in [0.1, 0.15) is 42.0 Å². The summed E-state index contributed by atoms with van der Waals surface area (Å²) in [4.78, 5) is 6.29. The summed E-state index contributed by atoms with van der Waals surface area (Å²) < 4.78 is 0. The normalized spacial score (nSPS) is 14.8. The molecule has 1 saturated carbocycles. The van der Waals surface area contributed by atoms with Crippen LogP contribution in [-0.2, 0) is 6.54 Å². The molecule has 0 aliphatic heterocycles.